The Hall–Kier alpha value is -2.24. The molecule has 3 aromatic rings. The van der Waals surface area contributed by atoms with Crippen molar-refractivity contribution in [2.45, 2.75) is 6.10 Å². The van der Waals surface area contributed by atoms with E-state index >= 15 is 0 Å². The Balaban J connectivity index is 1.74. The quantitative estimate of drug-likeness (QED) is 0.517. The van der Waals surface area contributed by atoms with E-state index in [-0.39, 0.29) is 6.61 Å². The van der Waals surface area contributed by atoms with Crippen LogP contribution in [-0.4, -0.2) is 17.6 Å². The predicted molar refractivity (Wildman–Crippen MR) is 113 cm³/mol. The van der Waals surface area contributed by atoms with Gasteiger partial charge in [-0.3, -0.25) is 4.79 Å². The van der Waals surface area contributed by atoms with Crippen molar-refractivity contribution in [3.05, 3.63) is 92.9 Å². The van der Waals surface area contributed by atoms with Gasteiger partial charge in [-0.2, -0.15) is 0 Å². The molecule has 0 saturated carbocycles. The average molecular weight is 437 g/mol. The van der Waals surface area contributed by atoms with Crippen molar-refractivity contribution in [3.63, 3.8) is 0 Å². The van der Waals surface area contributed by atoms with Crippen LogP contribution in [0.15, 0.2) is 66.7 Å². The fourth-order valence-electron chi connectivity index (χ4n) is 2.61. The highest BCUT2D eigenvalue weighted by Gasteiger charge is 2.17. The van der Waals surface area contributed by atoms with Crippen LogP contribution in [0.25, 0.3) is 0 Å². The number of benzene rings is 3. The molecule has 0 fully saturated rings. The van der Waals surface area contributed by atoms with Crippen LogP contribution in [0.3, 0.4) is 0 Å². The summed E-state index contributed by atoms with van der Waals surface area (Å²) in [4.78, 5) is 12.3. The molecule has 0 saturated heterocycles. The fourth-order valence-corrected chi connectivity index (χ4v) is 3.25. The number of amides is 1. The Morgan fingerprint density at radius 3 is 2.36 bits per heavy atom. The second-order valence-corrected chi connectivity index (χ2v) is 7.24. The van der Waals surface area contributed by atoms with Gasteiger partial charge in [-0.15, -0.1) is 0 Å². The third-order valence-electron chi connectivity index (χ3n) is 3.95. The van der Waals surface area contributed by atoms with Crippen LogP contribution in [0.5, 0.6) is 5.75 Å². The molecule has 0 unspecified atom stereocenters. The van der Waals surface area contributed by atoms with Crippen LogP contribution in [0.4, 0.5) is 5.69 Å². The van der Waals surface area contributed by atoms with Crippen LogP contribution < -0.4 is 10.1 Å². The topological polar surface area (TPSA) is 58.6 Å². The highest BCUT2D eigenvalue weighted by atomic mass is 35.5. The summed E-state index contributed by atoms with van der Waals surface area (Å²) in [5.74, 6) is -0.0586. The van der Waals surface area contributed by atoms with Gasteiger partial charge in [0.1, 0.15) is 11.9 Å². The van der Waals surface area contributed by atoms with Gasteiger partial charge in [0.15, 0.2) is 6.61 Å². The van der Waals surface area contributed by atoms with Gasteiger partial charge in [0, 0.05) is 21.3 Å². The van der Waals surface area contributed by atoms with Gasteiger partial charge in [-0.25, -0.2) is 0 Å². The molecular weight excluding hydrogens is 421 g/mol. The highest BCUT2D eigenvalue weighted by molar-refractivity contribution is 6.35. The number of hydrogen-bond donors (Lipinski definition) is 2. The molecule has 0 radical (unpaired) electrons. The Bertz CT molecular complexity index is 980. The zero-order valence-corrected chi connectivity index (χ0v) is 16.8. The summed E-state index contributed by atoms with van der Waals surface area (Å²) < 4.78 is 5.44. The molecule has 2 N–H and O–H groups in total. The molecule has 7 heteroatoms. The number of anilines is 1. The molecule has 3 rings (SSSR count). The lowest BCUT2D eigenvalue weighted by atomic mass is 10.00. The van der Waals surface area contributed by atoms with Crippen molar-refractivity contribution >= 4 is 46.4 Å². The maximum atomic E-state index is 12.3. The van der Waals surface area contributed by atoms with Crippen molar-refractivity contribution in [1.29, 1.82) is 0 Å². The van der Waals surface area contributed by atoms with E-state index < -0.39 is 12.0 Å². The van der Waals surface area contributed by atoms with Gasteiger partial charge < -0.3 is 15.2 Å². The largest absolute Gasteiger partial charge is 0.482 e. The lowest BCUT2D eigenvalue weighted by molar-refractivity contribution is -0.118. The minimum atomic E-state index is -0.943. The van der Waals surface area contributed by atoms with E-state index in [4.69, 9.17) is 39.5 Å². The maximum absolute atomic E-state index is 12.3. The van der Waals surface area contributed by atoms with E-state index in [1.165, 1.54) is 6.07 Å². The molecule has 0 bridgehead atoms. The van der Waals surface area contributed by atoms with Gasteiger partial charge >= 0.3 is 0 Å². The molecule has 0 heterocycles. The second-order valence-electron chi connectivity index (χ2n) is 5.96. The average Bonchev–Trinajstić information content (AvgIpc) is 2.69. The lowest BCUT2D eigenvalue weighted by Crippen LogP contribution is -2.21. The SMILES string of the molecule is O=C(COc1ccc(Cl)cc1Cl)Nc1ccc(Cl)cc1[C@@H](O)c1ccccc1. The second kappa shape index (κ2) is 9.30. The number of aliphatic hydroxyl groups is 1. The molecule has 1 amide bonds. The molecule has 0 aliphatic carbocycles. The number of rotatable bonds is 6. The maximum Gasteiger partial charge on any atom is 0.262 e. The minimum absolute atomic E-state index is 0.259. The first-order valence-electron chi connectivity index (χ1n) is 8.34. The highest BCUT2D eigenvalue weighted by Crippen LogP contribution is 2.31. The number of ether oxygens (including phenoxy) is 1. The van der Waals surface area contributed by atoms with E-state index in [2.05, 4.69) is 5.32 Å². The summed E-state index contributed by atoms with van der Waals surface area (Å²) in [5.41, 5.74) is 1.61. The third kappa shape index (κ3) is 5.18. The first-order chi connectivity index (χ1) is 13.4. The first kappa shape index (κ1) is 20.5. The zero-order valence-electron chi connectivity index (χ0n) is 14.5. The van der Waals surface area contributed by atoms with Crippen molar-refractivity contribution in [2.75, 3.05) is 11.9 Å². The van der Waals surface area contributed by atoms with Crippen molar-refractivity contribution in [2.24, 2.45) is 0 Å². The van der Waals surface area contributed by atoms with Crippen LogP contribution in [0.2, 0.25) is 15.1 Å². The van der Waals surface area contributed by atoms with Gasteiger partial charge in [0.2, 0.25) is 0 Å². The Labute approximate surface area is 177 Å². The molecule has 0 aromatic heterocycles. The van der Waals surface area contributed by atoms with Crippen LogP contribution >= 0.6 is 34.8 Å². The van der Waals surface area contributed by atoms with E-state index in [1.807, 2.05) is 18.2 Å². The van der Waals surface area contributed by atoms with Crippen molar-refractivity contribution in [3.8, 4) is 5.75 Å². The van der Waals surface area contributed by atoms with E-state index in [1.54, 1.807) is 42.5 Å². The monoisotopic (exact) mass is 435 g/mol. The predicted octanol–water partition coefficient (Wildman–Crippen LogP) is 5.75. The van der Waals surface area contributed by atoms with Gasteiger partial charge in [0.25, 0.3) is 5.91 Å². The van der Waals surface area contributed by atoms with Crippen LogP contribution in [0, 0.1) is 0 Å². The number of hydrogen-bond acceptors (Lipinski definition) is 3. The molecule has 1 atom stereocenters. The van der Waals surface area contributed by atoms with E-state index in [0.717, 1.165) is 0 Å². The summed E-state index contributed by atoms with van der Waals surface area (Å²) in [5, 5.41) is 14.7. The molecular formula is C21H16Cl3NO3. The summed E-state index contributed by atoms with van der Waals surface area (Å²) >= 11 is 18.0. The number of carbonyl (C=O) groups excluding carboxylic acids is 1. The smallest absolute Gasteiger partial charge is 0.262 e. The number of carbonyl (C=O) groups is 1. The van der Waals surface area contributed by atoms with Gasteiger partial charge in [0.05, 0.1) is 5.02 Å². The van der Waals surface area contributed by atoms with E-state index in [0.29, 0.717) is 37.6 Å². The van der Waals surface area contributed by atoms with Crippen LogP contribution in [-0.2, 0) is 4.79 Å². The van der Waals surface area contributed by atoms with Gasteiger partial charge in [-0.1, -0.05) is 65.1 Å². The summed E-state index contributed by atoms with van der Waals surface area (Å²) in [6.45, 7) is -0.259. The van der Waals surface area contributed by atoms with Crippen LogP contribution in [0.1, 0.15) is 17.2 Å². The normalized spacial score (nSPS) is 11.7. The van der Waals surface area contributed by atoms with Gasteiger partial charge in [-0.05, 0) is 42.0 Å². The minimum Gasteiger partial charge on any atom is -0.482 e. The number of halogens is 3. The third-order valence-corrected chi connectivity index (χ3v) is 4.72. The summed E-state index contributed by atoms with van der Waals surface area (Å²) in [7, 11) is 0. The van der Waals surface area contributed by atoms with Crippen molar-refractivity contribution in [1.82, 2.24) is 0 Å². The number of aliphatic hydroxyl groups excluding tert-OH is 1. The standard InChI is InChI=1S/C21H16Cl3NO3/c22-14-6-8-18(16(10-14)21(27)13-4-2-1-3-5-13)25-20(26)12-28-19-9-7-15(23)11-17(19)24/h1-11,21,27H,12H2,(H,25,26)/t21-/m0/s1. The fraction of sp³-hybridized carbons (Fsp3) is 0.0952. The first-order valence-corrected chi connectivity index (χ1v) is 9.47. The van der Waals surface area contributed by atoms with E-state index in [9.17, 15) is 9.90 Å². The molecule has 144 valence electrons. The molecule has 0 aliphatic rings. The number of nitrogens with one attached hydrogen (secondary N) is 1. The molecule has 0 spiro atoms. The molecule has 4 nitrogen and oxygen atoms in total. The molecule has 3 aromatic carbocycles. The summed E-state index contributed by atoms with van der Waals surface area (Å²) in [6, 6.07) is 18.7. The lowest BCUT2D eigenvalue weighted by Gasteiger charge is -2.17. The Morgan fingerprint density at radius 1 is 0.964 bits per heavy atom. The Morgan fingerprint density at radius 2 is 1.64 bits per heavy atom. The molecule has 0 aliphatic heterocycles. The zero-order chi connectivity index (χ0) is 20.1. The molecule has 28 heavy (non-hydrogen) atoms. The summed E-state index contributed by atoms with van der Waals surface area (Å²) in [6.07, 6.45) is -0.943. The Kier molecular flexibility index (Phi) is 6.81. The van der Waals surface area contributed by atoms with Crippen molar-refractivity contribution < 1.29 is 14.6 Å².